The van der Waals surface area contributed by atoms with Gasteiger partial charge in [-0.25, -0.2) is 0 Å². The van der Waals surface area contributed by atoms with E-state index < -0.39 is 0 Å². The van der Waals surface area contributed by atoms with Crippen LogP contribution >= 0.6 is 0 Å². The van der Waals surface area contributed by atoms with E-state index in [1.807, 2.05) is 0 Å². The molecule has 1 heteroatoms. The van der Waals surface area contributed by atoms with Crippen LogP contribution < -0.4 is 0 Å². The summed E-state index contributed by atoms with van der Waals surface area (Å²) in [4.78, 5) is 0. The van der Waals surface area contributed by atoms with Gasteiger partial charge in [-0.05, 0) is 18.8 Å². The zero-order valence-electron chi connectivity index (χ0n) is 6.27. The van der Waals surface area contributed by atoms with Crippen LogP contribution in [0.1, 0.15) is 32.6 Å². The summed E-state index contributed by atoms with van der Waals surface area (Å²) in [5.41, 5.74) is 0. The Balaban J connectivity index is 3.09. The maximum atomic E-state index is 8.49. The Bertz CT molecular complexity index is 48.5. The highest BCUT2D eigenvalue weighted by molar-refractivity contribution is 4.57. The van der Waals surface area contributed by atoms with Crippen molar-refractivity contribution >= 4 is 0 Å². The molecule has 9 heavy (non-hydrogen) atoms. The first-order valence-electron chi connectivity index (χ1n) is 3.75. The number of hydrogen-bond acceptors (Lipinski definition) is 1. The molecule has 55 valence electrons. The molecule has 0 rings (SSSR count). The summed E-state index contributed by atoms with van der Waals surface area (Å²) in [6.07, 6.45) is 4.28. The Morgan fingerprint density at radius 1 is 1.56 bits per heavy atom. The topological polar surface area (TPSA) is 20.2 Å². The van der Waals surface area contributed by atoms with Gasteiger partial charge in [0, 0.05) is 6.61 Å². The first kappa shape index (κ1) is 8.96. The summed E-state index contributed by atoms with van der Waals surface area (Å²) in [5.74, 6) is 0.733. The molecule has 1 atom stereocenters. The van der Waals surface area contributed by atoms with E-state index in [0.717, 1.165) is 25.2 Å². The molecule has 0 aliphatic heterocycles. The van der Waals surface area contributed by atoms with Crippen LogP contribution in [0.4, 0.5) is 0 Å². The van der Waals surface area contributed by atoms with Crippen molar-refractivity contribution in [2.75, 3.05) is 6.61 Å². The second-order valence-electron chi connectivity index (χ2n) is 2.43. The Kier molecular flexibility index (Phi) is 6.06. The van der Waals surface area contributed by atoms with Crippen molar-refractivity contribution in [1.82, 2.24) is 0 Å². The molecule has 1 nitrogen and oxygen atoms in total. The van der Waals surface area contributed by atoms with Crippen LogP contribution in [0.2, 0.25) is 0 Å². The molecule has 0 aromatic carbocycles. The molecule has 1 radical (unpaired) electrons. The molecule has 1 unspecified atom stereocenters. The summed E-state index contributed by atoms with van der Waals surface area (Å²) < 4.78 is 0. The fourth-order valence-corrected chi connectivity index (χ4v) is 0.933. The summed E-state index contributed by atoms with van der Waals surface area (Å²) in [6.45, 7) is 6.33. The highest BCUT2D eigenvalue weighted by Crippen LogP contribution is 2.13. The van der Waals surface area contributed by atoms with Crippen LogP contribution in [0.5, 0.6) is 0 Å². The van der Waals surface area contributed by atoms with E-state index in [1.165, 1.54) is 6.42 Å². The second kappa shape index (κ2) is 6.09. The van der Waals surface area contributed by atoms with Crippen molar-refractivity contribution in [2.24, 2.45) is 5.92 Å². The van der Waals surface area contributed by atoms with Gasteiger partial charge in [0.2, 0.25) is 0 Å². The third kappa shape index (κ3) is 4.46. The Morgan fingerprint density at radius 3 is 2.56 bits per heavy atom. The number of rotatable bonds is 5. The normalized spacial score (nSPS) is 10.7. The molecule has 0 saturated heterocycles. The van der Waals surface area contributed by atoms with Gasteiger partial charge in [-0.1, -0.05) is 26.7 Å². The second-order valence-corrected chi connectivity index (χ2v) is 2.43. The van der Waals surface area contributed by atoms with Crippen LogP contribution in [0, 0.1) is 12.8 Å². The molecular formula is C8H17O. The van der Waals surface area contributed by atoms with Gasteiger partial charge >= 0.3 is 0 Å². The van der Waals surface area contributed by atoms with Gasteiger partial charge in [-0.3, -0.25) is 0 Å². The molecule has 0 aliphatic rings. The standard InChI is InChI=1S/C8H17O/c1-3-8(4-2)6-5-7-9/h8-9H,1,3-7H2,2H3. The minimum absolute atomic E-state index is 0.330. The van der Waals surface area contributed by atoms with Gasteiger partial charge in [0.1, 0.15) is 0 Å². The van der Waals surface area contributed by atoms with Gasteiger partial charge in [-0.15, -0.1) is 0 Å². The van der Waals surface area contributed by atoms with Crippen LogP contribution in [0.3, 0.4) is 0 Å². The Labute approximate surface area is 58.1 Å². The lowest BCUT2D eigenvalue weighted by Gasteiger charge is -2.09. The lowest BCUT2D eigenvalue weighted by Crippen LogP contribution is -1.97. The molecule has 0 fully saturated rings. The molecule has 0 amide bonds. The van der Waals surface area contributed by atoms with Gasteiger partial charge in [0.05, 0.1) is 0 Å². The monoisotopic (exact) mass is 129 g/mol. The summed E-state index contributed by atoms with van der Waals surface area (Å²) in [6, 6.07) is 0. The fraction of sp³-hybridized carbons (Fsp3) is 0.875. The quantitative estimate of drug-likeness (QED) is 0.602. The molecule has 0 saturated carbocycles. The molecule has 1 N–H and O–H groups in total. The molecule has 0 aliphatic carbocycles. The zero-order valence-corrected chi connectivity index (χ0v) is 6.27. The van der Waals surface area contributed by atoms with E-state index in [4.69, 9.17) is 5.11 Å². The maximum absolute atomic E-state index is 8.49. The summed E-state index contributed by atoms with van der Waals surface area (Å²) in [7, 11) is 0. The average molecular weight is 129 g/mol. The first-order chi connectivity index (χ1) is 4.35. The highest BCUT2D eigenvalue weighted by Gasteiger charge is 2.00. The Morgan fingerprint density at radius 2 is 2.22 bits per heavy atom. The SMILES string of the molecule is [CH2]CC(CC)CCCO. The molecular weight excluding hydrogens is 112 g/mol. The van der Waals surface area contributed by atoms with Crippen LogP contribution in [0.25, 0.3) is 0 Å². The summed E-state index contributed by atoms with van der Waals surface area (Å²) >= 11 is 0. The third-order valence-electron chi connectivity index (χ3n) is 1.76. The average Bonchev–Trinajstić information content (AvgIpc) is 1.91. The van der Waals surface area contributed by atoms with Gasteiger partial charge in [-0.2, -0.15) is 0 Å². The number of aliphatic hydroxyl groups is 1. The van der Waals surface area contributed by atoms with E-state index in [0.29, 0.717) is 6.61 Å². The van der Waals surface area contributed by atoms with Crippen molar-refractivity contribution in [3.05, 3.63) is 6.92 Å². The predicted octanol–water partition coefficient (Wildman–Crippen LogP) is 2.01. The molecule has 0 aromatic heterocycles. The van der Waals surface area contributed by atoms with E-state index in [-0.39, 0.29) is 0 Å². The fourth-order valence-electron chi connectivity index (χ4n) is 0.933. The highest BCUT2D eigenvalue weighted by atomic mass is 16.2. The maximum Gasteiger partial charge on any atom is 0.0431 e. The van der Waals surface area contributed by atoms with Crippen molar-refractivity contribution < 1.29 is 5.11 Å². The van der Waals surface area contributed by atoms with Crippen molar-refractivity contribution in [1.29, 1.82) is 0 Å². The smallest absolute Gasteiger partial charge is 0.0431 e. The lowest BCUT2D eigenvalue weighted by molar-refractivity contribution is 0.270. The number of hydrogen-bond donors (Lipinski definition) is 1. The third-order valence-corrected chi connectivity index (χ3v) is 1.76. The van der Waals surface area contributed by atoms with Gasteiger partial charge in [0.15, 0.2) is 0 Å². The molecule has 0 spiro atoms. The van der Waals surface area contributed by atoms with E-state index in [2.05, 4.69) is 13.8 Å². The van der Waals surface area contributed by atoms with E-state index >= 15 is 0 Å². The summed E-state index contributed by atoms with van der Waals surface area (Å²) in [5, 5.41) is 8.49. The first-order valence-corrected chi connectivity index (χ1v) is 3.75. The number of aliphatic hydroxyl groups excluding tert-OH is 1. The van der Waals surface area contributed by atoms with Gasteiger partial charge in [0.25, 0.3) is 0 Å². The molecule has 0 heterocycles. The van der Waals surface area contributed by atoms with Crippen molar-refractivity contribution in [3.63, 3.8) is 0 Å². The minimum Gasteiger partial charge on any atom is -0.396 e. The van der Waals surface area contributed by atoms with E-state index in [1.54, 1.807) is 0 Å². The van der Waals surface area contributed by atoms with Crippen molar-refractivity contribution in [2.45, 2.75) is 32.6 Å². The van der Waals surface area contributed by atoms with Gasteiger partial charge < -0.3 is 5.11 Å². The lowest BCUT2D eigenvalue weighted by atomic mass is 9.98. The zero-order chi connectivity index (χ0) is 7.11. The molecule has 0 bridgehead atoms. The van der Waals surface area contributed by atoms with Crippen molar-refractivity contribution in [3.8, 4) is 0 Å². The van der Waals surface area contributed by atoms with Crippen LogP contribution in [0.15, 0.2) is 0 Å². The predicted molar refractivity (Wildman–Crippen MR) is 40.1 cm³/mol. The van der Waals surface area contributed by atoms with Crippen LogP contribution in [-0.4, -0.2) is 11.7 Å². The van der Waals surface area contributed by atoms with E-state index in [9.17, 15) is 0 Å². The molecule has 0 aromatic rings. The largest absolute Gasteiger partial charge is 0.396 e. The Hall–Kier alpha value is -0.0400. The van der Waals surface area contributed by atoms with Crippen LogP contribution in [-0.2, 0) is 0 Å². The minimum atomic E-state index is 0.330.